The van der Waals surface area contributed by atoms with Crippen LogP contribution in [0.1, 0.15) is 12.0 Å². The summed E-state index contributed by atoms with van der Waals surface area (Å²) in [6.07, 6.45) is 4.30. The molecule has 9 nitrogen and oxygen atoms in total. The van der Waals surface area contributed by atoms with E-state index in [1.54, 1.807) is 24.1 Å². The van der Waals surface area contributed by atoms with Crippen molar-refractivity contribution >= 4 is 28.3 Å². The molecule has 1 aliphatic rings. The van der Waals surface area contributed by atoms with E-state index in [0.717, 1.165) is 40.6 Å². The van der Waals surface area contributed by atoms with Crippen molar-refractivity contribution in [2.75, 3.05) is 17.6 Å². The van der Waals surface area contributed by atoms with Gasteiger partial charge in [0.05, 0.1) is 11.7 Å². The highest BCUT2D eigenvalue weighted by Crippen LogP contribution is 2.34. The lowest BCUT2D eigenvalue weighted by Gasteiger charge is -2.26. The lowest BCUT2D eigenvalue weighted by molar-refractivity contribution is -0.119. The normalized spacial score (nSPS) is 15.6. The van der Waals surface area contributed by atoms with Gasteiger partial charge >= 0.3 is 0 Å². The number of benzene rings is 1. The number of aryl methyl sites for hydroxylation is 2. The molecule has 4 N–H and O–H groups in total. The SMILES string of the molecule is Cc1ccnc(N)c1-c1cccc2cc(-c3nn(C)cc3NC(=O)C3CCN3)nnc12. The molecule has 9 heteroatoms. The molecule has 31 heavy (non-hydrogen) atoms. The summed E-state index contributed by atoms with van der Waals surface area (Å²) in [5.74, 6) is 0.386. The topological polar surface area (TPSA) is 124 Å². The summed E-state index contributed by atoms with van der Waals surface area (Å²) in [6, 6.07) is 9.58. The summed E-state index contributed by atoms with van der Waals surface area (Å²) < 4.78 is 1.65. The molecule has 4 heterocycles. The van der Waals surface area contributed by atoms with Crippen molar-refractivity contribution in [3.63, 3.8) is 0 Å². The van der Waals surface area contributed by atoms with Crippen LogP contribution in [0.3, 0.4) is 0 Å². The van der Waals surface area contributed by atoms with E-state index < -0.39 is 0 Å². The first-order valence-electron chi connectivity index (χ1n) is 10.1. The van der Waals surface area contributed by atoms with E-state index in [1.807, 2.05) is 37.3 Å². The van der Waals surface area contributed by atoms with Gasteiger partial charge in [-0.1, -0.05) is 18.2 Å². The van der Waals surface area contributed by atoms with Crippen molar-refractivity contribution < 1.29 is 4.79 Å². The van der Waals surface area contributed by atoms with Crippen molar-refractivity contribution in [2.24, 2.45) is 7.05 Å². The Kier molecular flexibility index (Phi) is 4.59. The molecule has 0 bridgehead atoms. The first-order valence-corrected chi connectivity index (χ1v) is 10.1. The standard InChI is InChI=1S/C22H22N8O/c1-12-6-8-25-21(23)18(12)14-5-3-4-13-10-16(27-28-19(13)14)20-17(11-30(2)29-20)26-22(31)15-7-9-24-15/h3-6,8,10-11,15,24H,7,9H2,1-2H3,(H2,23,25)(H,26,31). The van der Waals surface area contributed by atoms with Gasteiger partial charge in [0.2, 0.25) is 5.91 Å². The molecule has 1 amide bonds. The van der Waals surface area contributed by atoms with Crippen LogP contribution >= 0.6 is 0 Å². The second kappa shape index (κ2) is 7.44. The molecule has 0 aliphatic carbocycles. The zero-order valence-corrected chi connectivity index (χ0v) is 17.3. The van der Waals surface area contributed by atoms with Gasteiger partial charge < -0.3 is 16.4 Å². The Morgan fingerprint density at radius 1 is 1.29 bits per heavy atom. The molecule has 1 aliphatic heterocycles. The van der Waals surface area contributed by atoms with Gasteiger partial charge in [-0.2, -0.15) is 5.10 Å². The molecular formula is C22H22N8O. The van der Waals surface area contributed by atoms with Crippen molar-refractivity contribution in [1.29, 1.82) is 0 Å². The Bertz CT molecular complexity index is 1290. The zero-order valence-electron chi connectivity index (χ0n) is 17.3. The predicted molar refractivity (Wildman–Crippen MR) is 119 cm³/mol. The van der Waals surface area contributed by atoms with E-state index in [9.17, 15) is 4.79 Å². The van der Waals surface area contributed by atoms with Crippen LogP contribution in [0.4, 0.5) is 11.5 Å². The Morgan fingerprint density at radius 3 is 2.87 bits per heavy atom. The van der Waals surface area contributed by atoms with Crippen molar-refractivity contribution in [3.05, 3.63) is 48.3 Å². The molecule has 1 unspecified atom stereocenters. The van der Waals surface area contributed by atoms with Crippen LogP contribution in [0.2, 0.25) is 0 Å². The summed E-state index contributed by atoms with van der Waals surface area (Å²) in [5, 5.41) is 20.4. The smallest absolute Gasteiger partial charge is 0.241 e. The maximum Gasteiger partial charge on any atom is 0.241 e. The molecular weight excluding hydrogens is 392 g/mol. The van der Waals surface area contributed by atoms with E-state index in [-0.39, 0.29) is 11.9 Å². The van der Waals surface area contributed by atoms with E-state index >= 15 is 0 Å². The van der Waals surface area contributed by atoms with E-state index in [0.29, 0.717) is 22.9 Å². The molecule has 1 atom stereocenters. The molecule has 5 rings (SSSR count). The first kappa shape index (κ1) is 19.1. The van der Waals surface area contributed by atoms with Gasteiger partial charge in [-0.15, -0.1) is 10.2 Å². The number of amides is 1. The number of nitrogens with two attached hydrogens (primary N) is 1. The highest BCUT2D eigenvalue weighted by molar-refractivity contribution is 6.00. The van der Waals surface area contributed by atoms with Crippen molar-refractivity contribution in [2.45, 2.75) is 19.4 Å². The second-order valence-corrected chi connectivity index (χ2v) is 7.71. The number of carbonyl (C=O) groups is 1. The third kappa shape index (κ3) is 3.38. The van der Waals surface area contributed by atoms with Crippen LogP contribution in [0.5, 0.6) is 0 Å². The molecule has 156 valence electrons. The van der Waals surface area contributed by atoms with E-state index in [1.165, 1.54) is 0 Å². The molecule has 0 radical (unpaired) electrons. The lowest BCUT2D eigenvalue weighted by Crippen LogP contribution is -2.50. The number of hydrogen-bond acceptors (Lipinski definition) is 7. The fourth-order valence-corrected chi connectivity index (χ4v) is 3.82. The predicted octanol–water partition coefficient (Wildman–Crippen LogP) is 2.28. The van der Waals surface area contributed by atoms with E-state index in [4.69, 9.17) is 5.73 Å². The summed E-state index contributed by atoms with van der Waals surface area (Å²) in [5.41, 5.74) is 11.4. The molecule has 1 aromatic carbocycles. The number of pyridine rings is 1. The third-order valence-electron chi connectivity index (χ3n) is 5.54. The molecule has 4 aromatic rings. The van der Waals surface area contributed by atoms with Crippen molar-refractivity contribution in [1.82, 2.24) is 30.3 Å². The average molecular weight is 414 g/mol. The number of rotatable bonds is 4. The van der Waals surface area contributed by atoms with Gasteiger partial charge in [-0.3, -0.25) is 9.48 Å². The zero-order chi connectivity index (χ0) is 21.5. The second-order valence-electron chi connectivity index (χ2n) is 7.71. The van der Waals surface area contributed by atoms with Gasteiger partial charge in [0.15, 0.2) is 0 Å². The number of nitrogens with one attached hydrogen (secondary N) is 2. The van der Waals surface area contributed by atoms with Crippen LogP contribution in [-0.2, 0) is 11.8 Å². The van der Waals surface area contributed by atoms with Gasteiger partial charge in [-0.05, 0) is 37.6 Å². The van der Waals surface area contributed by atoms with Crippen molar-refractivity contribution in [3.8, 4) is 22.5 Å². The van der Waals surface area contributed by atoms with Crippen LogP contribution < -0.4 is 16.4 Å². The maximum atomic E-state index is 12.4. The lowest BCUT2D eigenvalue weighted by atomic mass is 9.99. The average Bonchev–Trinajstić information content (AvgIpc) is 3.06. The van der Waals surface area contributed by atoms with Gasteiger partial charge in [0.25, 0.3) is 0 Å². The fourth-order valence-electron chi connectivity index (χ4n) is 3.82. The molecule has 0 saturated carbocycles. The van der Waals surface area contributed by atoms with Gasteiger partial charge in [-0.25, -0.2) is 4.98 Å². The number of carbonyl (C=O) groups excluding carboxylic acids is 1. The number of nitrogen functional groups attached to an aromatic ring is 1. The largest absolute Gasteiger partial charge is 0.383 e. The molecule has 0 spiro atoms. The third-order valence-corrected chi connectivity index (χ3v) is 5.54. The highest BCUT2D eigenvalue weighted by Gasteiger charge is 2.26. The summed E-state index contributed by atoms with van der Waals surface area (Å²) >= 11 is 0. The van der Waals surface area contributed by atoms with Crippen LogP contribution in [0.25, 0.3) is 33.4 Å². The summed E-state index contributed by atoms with van der Waals surface area (Å²) in [6.45, 7) is 2.85. The number of aromatic nitrogens is 5. The quantitative estimate of drug-likeness (QED) is 0.468. The fraction of sp³-hybridized carbons (Fsp3) is 0.227. The Labute approximate surface area is 178 Å². The minimum absolute atomic E-state index is 0.0703. The Morgan fingerprint density at radius 2 is 2.13 bits per heavy atom. The molecule has 1 fully saturated rings. The highest BCUT2D eigenvalue weighted by atomic mass is 16.2. The summed E-state index contributed by atoms with van der Waals surface area (Å²) in [7, 11) is 1.81. The maximum absolute atomic E-state index is 12.4. The van der Waals surface area contributed by atoms with Crippen LogP contribution in [0.15, 0.2) is 42.7 Å². The molecule has 1 saturated heterocycles. The Balaban J connectivity index is 1.57. The number of fused-ring (bicyclic) bond motifs is 1. The van der Waals surface area contributed by atoms with Gasteiger partial charge in [0, 0.05) is 36.0 Å². The number of anilines is 2. The number of nitrogens with zero attached hydrogens (tertiary/aromatic N) is 5. The van der Waals surface area contributed by atoms with E-state index in [2.05, 4.69) is 30.9 Å². The minimum atomic E-state index is -0.161. The minimum Gasteiger partial charge on any atom is -0.383 e. The van der Waals surface area contributed by atoms with Crippen LogP contribution in [-0.4, -0.2) is 43.5 Å². The first-order chi connectivity index (χ1) is 15.0. The molecule has 3 aromatic heterocycles. The summed E-state index contributed by atoms with van der Waals surface area (Å²) in [4.78, 5) is 16.6. The van der Waals surface area contributed by atoms with Gasteiger partial charge in [0.1, 0.15) is 22.7 Å². The number of hydrogen-bond donors (Lipinski definition) is 3. The Hall–Kier alpha value is -3.85. The van der Waals surface area contributed by atoms with Crippen LogP contribution in [0, 0.1) is 6.92 Å². The monoisotopic (exact) mass is 414 g/mol.